The normalized spacial score (nSPS) is 18.3. The van der Waals surface area contributed by atoms with E-state index in [0.717, 1.165) is 36.0 Å². The van der Waals surface area contributed by atoms with Crippen LogP contribution in [0.1, 0.15) is 25.7 Å². The molecule has 0 unspecified atom stereocenters. The number of nitrogens with two attached hydrogens (primary N) is 1. The Balaban J connectivity index is 2.13. The number of aliphatic hydroxyl groups is 1. The van der Waals surface area contributed by atoms with Gasteiger partial charge in [0.1, 0.15) is 5.82 Å². The van der Waals surface area contributed by atoms with Crippen molar-refractivity contribution in [1.82, 2.24) is 9.97 Å². The molecule has 1 aromatic heterocycles. The summed E-state index contributed by atoms with van der Waals surface area (Å²) in [6, 6.07) is 0. The Morgan fingerprint density at radius 1 is 1.53 bits per heavy atom. The second kappa shape index (κ2) is 4.78. The highest BCUT2D eigenvalue weighted by Crippen LogP contribution is 2.32. The van der Waals surface area contributed by atoms with Crippen molar-refractivity contribution in [3.8, 4) is 0 Å². The Morgan fingerprint density at radius 2 is 2.18 bits per heavy atom. The Kier molecular flexibility index (Phi) is 3.53. The van der Waals surface area contributed by atoms with Gasteiger partial charge in [-0.15, -0.1) is 0 Å². The molecule has 1 fully saturated rings. The number of nitrogen functional groups attached to an aromatic ring is 1. The van der Waals surface area contributed by atoms with Crippen molar-refractivity contribution in [2.45, 2.75) is 31.3 Å². The first-order valence-electron chi connectivity index (χ1n) is 5.72. The summed E-state index contributed by atoms with van der Waals surface area (Å²) in [6.45, 7) is 0.571. The highest BCUT2D eigenvalue weighted by Gasteiger charge is 2.32. The minimum absolute atomic E-state index is 0.244. The quantitative estimate of drug-likeness (QED) is 0.886. The third kappa shape index (κ3) is 2.87. The van der Waals surface area contributed by atoms with Crippen LogP contribution in [0, 0.1) is 0 Å². The van der Waals surface area contributed by atoms with E-state index >= 15 is 0 Å². The van der Waals surface area contributed by atoms with Crippen LogP contribution >= 0.6 is 15.9 Å². The summed E-state index contributed by atoms with van der Waals surface area (Å²) >= 11 is 3.39. The first kappa shape index (κ1) is 12.6. The van der Waals surface area contributed by atoms with Crippen LogP contribution in [-0.4, -0.2) is 34.3 Å². The molecule has 6 heteroatoms. The number of anilines is 2. The van der Waals surface area contributed by atoms with Crippen LogP contribution in [-0.2, 0) is 0 Å². The van der Waals surface area contributed by atoms with Gasteiger partial charge in [0.15, 0.2) is 0 Å². The zero-order valence-electron chi connectivity index (χ0n) is 9.86. The van der Waals surface area contributed by atoms with Crippen molar-refractivity contribution in [2.75, 3.05) is 24.2 Å². The van der Waals surface area contributed by atoms with Gasteiger partial charge in [-0.05, 0) is 28.8 Å². The molecule has 0 aliphatic heterocycles. The SMILES string of the molecule is CN(CC1(O)CCCC1)c1nc(N)ncc1Br. The summed E-state index contributed by atoms with van der Waals surface area (Å²) in [7, 11) is 1.91. The van der Waals surface area contributed by atoms with Crippen LogP contribution < -0.4 is 10.6 Å². The van der Waals surface area contributed by atoms with Gasteiger partial charge in [0.05, 0.1) is 10.1 Å². The van der Waals surface area contributed by atoms with Crippen molar-refractivity contribution >= 4 is 27.7 Å². The van der Waals surface area contributed by atoms with Gasteiger partial charge >= 0.3 is 0 Å². The van der Waals surface area contributed by atoms with Crippen molar-refractivity contribution in [3.05, 3.63) is 10.7 Å². The first-order chi connectivity index (χ1) is 8.00. The summed E-state index contributed by atoms with van der Waals surface area (Å²) in [5.41, 5.74) is 4.98. The monoisotopic (exact) mass is 300 g/mol. The molecule has 0 radical (unpaired) electrons. The van der Waals surface area contributed by atoms with Crippen molar-refractivity contribution < 1.29 is 5.11 Å². The topological polar surface area (TPSA) is 75.3 Å². The summed E-state index contributed by atoms with van der Waals surface area (Å²) < 4.78 is 0.788. The van der Waals surface area contributed by atoms with E-state index < -0.39 is 5.60 Å². The molecule has 1 aliphatic carbocycles. The van der Waals surface area contributed by atoms with E-state index in [4.69, 9.17) is 5.73 Å². The zero-order chi connectivity index (χ0) is 12.5. The summed E-state index contributed by atoms with van der Waals surface area (Å²) in [6.07, 6.45) is 5.53. The lowest BCUT2D eigenvalue weighted by atomic mass is 10.0. The van der Waals surface area contributed by atoms with Gasteiger partial charge in [0.25, 0.3) is 0 Å². The van der Waals surface area contributed by atoms with E-state index in [1.54, 1.807) is 6.20 Å². The van der Waals surface area contributed by atoms with Gasteiger partial charge in [-0.1, -0.05) is 12.8 Å². The molecule has 17 heavy (non-hydrogen) atoms. The highest BCUT2D eigenvalue weighted by molar-refractivity contribution is 9.10. The molecule has 0 spiro atoms. The summed E-state index contributed by atoms with van der Waals surface area (Å²) in [4.78, 5) is 10.0. The molecule has 5 nitrogen and oxygen atoms in total. The van der Waals surface area contributed by atoms with E-state index in [1.165, 1.54) is 0 Å². The number of hydrogen-bond acceptors (Lipinski definition) is 5. The van der Waals surface area contributed by atoms with Crippen LogP contribution in [0.3, 0.4) is 0 Å². The second-order valence-electron chi connectivity index (χ2n) is 4.69. The second-order valence-corrected chi connectivity index (χ2v) is 5.54. The average Bonchev–Trinajstić information content (AvgIpc) is 2.68. The molecule has 0 bridgehead atoms. The van der Waals surface area contributed by atoms with E-state index in [0.29, 0.717) is 6.54 Å². The fourth-order valence-electron chi connectivity index (χ4n) is 2.35. The number of halogens is 1. The van der Waals surface area contributed by atoms with Crippen LogP contribution in [0.5, 0.6) is 0 Å². The maximum atomic E-state index is 10.4. The highest BCUT2D eigenvalue weighted by atomic mass is 79.9. The van der Waals surface area contributed by atoms with Crippen LogP contribution in [0.4, 0.5) is 11.8 Å². The molecular formula is C11H17BrN4O. The zero-order valence-corrected chi connectivity index (χ0v) is 11.4. The fraction of sp³-hybridized carbons (Fsp3) is 0.636. The number of rotatable bonds is 3. The maximum absolute atomic E-state index is 10.4. The molecular weight excluding hydrogens is 284 g/mol. The van der Waals surface area contributed by atoms with E-state index in [1.807, 2.05) is 11.9 Å². The fourth-order valence-corrected chi connectivity index (χ4v) is 2.84. The lowest BCUT2D eigenvalue weighted by molar-refractivity contribution is 0.0557. The molecule has 2 rings (SSSR count). The van der Waals surface area contributed by atoms with Gasteiger partial charge in [-0.3, -0.25) is 0 Å². The van der Waals surface area contributed by atoms with Gasteiger partial charge in [-0.2, -0.15) is 4.98 Å². The molecule has 1 saturated carbocycles. The summed E-state index contributed by atoms with van der Waals surface area (Å²) in [5, 5.41) is 10.4. The van der Waals surface area contributed by atoms with E-state index in [-0.39, 0.29) is 5.95 Å². The minimum Gasteiger partial charge on any atom is -0.388 e. The van der Waals surface area contributed by atoms with Crippen molar-refractivity contribution in [2.24, 2.45) is 0 Å². The Bertz CT molecular complexity index is 406. The van der Waals surface area contributed by atoms with Gasteiger partial charge < -0.3 is 15.7 Å². The number of aromatic nitrogens is 2. The van der Waals surface area contributed by atoms with Crippen molar-refractivity contribution in [1.29, 1.82) is 0 Å². The third-order valence-electron chi connectivity index (χ3n) is 3.17. The van der Waals surface area contributed by atoms with Crippen molar-refractivity contribution in [3.63, 3.8) is 0 Å². The number of nitrogens with zero attached hydrogens (tertiary/aromatic N) is 3. The van der Waals surface area contributed by atoms with E-state index in [2.05, 4.69) is 25.9 Å². The molecule has 0 atom stereocenters. The Morgan fingerprint density at radius 3 is 2.82 bits per heavy atom. The lowest BCUT2D eigenvalue weighted by Crippen LogP contribution is -2.39. The molecule has 0 aromatic carbocycles. The Labute approximate surface area is 109 Å². The molecule has 0 amide bonds. The first-order valence-corrected chi connectivity index (χ1v) is 6.51. The lowest BCUT2D eigenvalue weighted by Gasteiger charge is -2.29. The van der Waals surface area contributed by atoms with E-state index in [9.17, 15) is 5.11 Å². The largest absolute Gasteiger partial charge is 0.388 e. The molecule has 94 valence electrons. The maximum Gasteiger partial charge on any atom is 0.222 e. The molecule has 0 saturated heterocycles. The smallest absolute Gasteiger partial charge is 0.222 e. The predicted molar refractivity (Wildman–Crippen MR) is 70.8 cm³/mol. The van der Waals surface area contributed by atoms with Crippen LogP contribution in [0.25, 0.3) is 0 Å². The standard InChI is InChI=1S/C11H17BrN4O/c1-16(7-11(17)4-2-3-5-11)9-8(12)6-14-10(13)15-9/h6,17H,2-5,7H2,1H3,(H2,13,14,15). The molecule has 1 heterocycles. The van der Waals surface area contributed by atoms with Gasteiger partial charge in [-0.25, -0.2) is 4.98 Å². The molecule has 3 N–H and O–H groups in total. The predicted octanol–water partition coefficient (Wildman–Crippen LogP) is 1.56. The Hall–Kier alpha value is -0.880. The van der Waals surface area contributed by atoms with Gasteiger partial charge in [0, 0.05) is 19.8 Å². The molecule has 1 aliphatic rings. The van der Waals surface area contributed by atoms with Gasteiger partial charge in [0.2, 0.25) is 5.95 Å². The summed E-state index contributed by atoms with van der Waals surface area (Å²) in [5.74, 6) is 0.964. The molecule has 1 aromatic rings. The average molecular weight is 301 g/mol. The number of hydrogen-bond donors (Lipinski definition) is 2. The third-order valence-corrected chi connectivity index (χ3v) is 3.73. The number of likely N-dealkylation sites (N-methyl/N-ethyl adjacent to an activating group) is 1. The van der Waals surface area contributed by atoms with Crippen LogP contribution in [0.15, 0.2) is 10.7 Å². The van der Waals surface area contributed by atoms with Crippen LogP contribution in [0.2, 0.25) is 0 Å². The minimum atomic E-state index is -0.589.